The van der Waals surface area contributed by atoms with Crippen molar-refractivity contribution in [2.24, 2.45) is 0 Å². The van der Waals surface area contributed by atoms with Gasteiger partial charge in [-0.1, -0.05) is 24.3 Å². The van der Waals surface area contributed by atoms with Crippen LogP contribution < -0.4 is 0 Å². The number of rotatable bonds is 0. The van der Waals surface area contributed by atoms with Crippen LogP contribution >= 0.6 is 0 Å². The SMILES string of the molecule is N=C1CCN2CCc3ccccc3[C@@H]2C1. The highest BCUT2D eigenvalue weighted by atomic mass is 15.2. The Labute approximate surface area is 90.4 Å². The molecule has 2 heterocycles. The van der Waals surface area contributed by atoms with Crippen molar-refractivity contribution in [1.29, 1.82) is 5.41 Å². The van der Waals surface area contributed by atoms with E-state index in [9.17, 15) is 0 Å². The van der Waals surface area contributed by atoms with Crippen molar-refractivity contribution in [1.82, 2.24) is 4.90 Å². The van der Waals surface area contributed by atoms with Gasteiger partial charge in [0.15, 0.2) is 0 Å². The monoisotopic (exact) mass is 200 g/mol. The molecular weight excluding hydrogens is 184 g/mol. The second-order valence-electron chi connectivity index (χ2n) is 4.56. The zero-order valence-electron chi connectivity index (χ0n) is 8.87. The summed E-state index contributed by atoms with van der Waals surface area (Å²) in [5.41, 5.74) is 3.88. The van der Waals surface area contributed by atoms with Crippen LogP contribution in [0.25, 0.3) is 0 Å². The molecule has 15 heavy (non-hydrogen) atoms. The van der Waals surface area contributed by atoms with Gasteiger partial charge in [0, 0.05) is 31.3 Å². The molecule has 2 aliphatic rings. The summed E-state index contributed by atoms with van der Waals surface area (Å²) >= 11 is 0. The van der Waals surface area contributed by atoms with Gasteiger partial charge in [-0.15, -0.1) is 0 Å². The Morgan fingerprint density at radius 1 is 1.13 bits per heavy atom. The molecule has 2 heteroatoms. The van der Waals surface area contributed by atoms with Gasteiger partial charge < -0.3 is 5.41 Å². The van der Waals surface area contributed by atoms with Crippen LogP contribution in [0.4, 0.5) is 0 Å². The maximum absolute atomic E-state index is 7.83. The molecule has 2 aliphatic heterocycles. The maximum Gasteiger partial charge on any atom is 0.0402 e. The molecule has 0 saturated carbocycles. The molecule has 1 N–H and O–H groups in total. The van der Waals surface area contributed by atoms with Gasteiger partial charge in [-0.05, 0) is 24.0 Å². The van der Waals surface area contributed by atoms with E-state index in [1.54, 1.807) is 0 Å². The first kappa shape index (κ1) is 9.10. The minimum absolute atomic E-state index is 0.496. The Morgan fingerprint density at radius 3 is 2.87 bits per heavy atom. The number of hydrogen-bond donors (Lipinski definition) is 1. The predicted octanol–water partition coefficient (Wildman–Crippen LogP) is 2.40. The summed E-state index contributed by atoms with van der Waals surface area (Å²) in [7, 11) is 0. The minimum Gasteiger partial charge on any atom is -0.310 e. The fraction of sp³-hybridized carbons (Fsp3) is 0.462. The summed E-state index contributed by atoms with van der Waals surface area (Å²) in [6, 6.07) is 9.23. The Morgan fingerprint density at radius 2 is 1.93 bits per heavy atom. The van der Waals surface area contributed by atoms with Gasteiger partial charge in [-0.2, -0.15) is 0 Å². The summed E-state index contributed by atoms with van der Waals surface area (Å²) in [5, 5.41) is 7.83. The third kappa shape index (κ3) is 1.49. The van der Waals surface area contributed by atoms with Crippen LogP contribution in [0.15, 0.2) is 24.3 Å². The summed E-state index contributed by atoms with van der Waals surface area (Å²) < 4.78 is 0. The zero-order chi connectivity index (χ0) is 10.3. The highest BCUT2D eigenvalue weighted by Gasteiger charge is 2.30. The molecule has 2 nitrogen and oxygen atoms in total. The third-order valence-corrected chi connectivity index (χ3v) is 3.66. The molecule has 1 aromatic rings. The van der Waals surface area contributed by atoms with E-state index < -0.39 is 0 Å². The lowest BCUT2D eigenvalue weighted by Gasteiger charge is -2.40. The number of fused-ring (bicyclic) bond motifs is 3. The van der Waals surface area contributed by atoms with Crippen molar-refractivity contribution < 1.29 is 0 Å². The van der Waals surface area contributed by atoms with Crippen LogP contribution in [0.3, 0.4) is 0 Å². The van der Waals surface area contributed by atoms with E-state index in [4.69, 9.17) is 5.41 Å². The van der Waals surface area contributed by atoms with Crippen LogP contribution in [-0.4, -0.2) is 23.7 Å². The lowest BCUT2D eigenvalue weighted by Crippen LogP contribution is -2.41. The first-order valence-electron chi connectivity index (χ1n) is 5.73. The maximum atomic E-state index is 7.83. The van der Waals surface area contributed by atoms with E-state index in [2.05, 4.69) is 29.2 Å². The average Bonchev–Trinajstić information content (AvgIpc) is 2.29. The highest BCUT2D eigenvalue weighted by molar-refractivity contribution is 5.83. The van der Waals surface area contributed by atoms with Crippen LogP contribution in [0.5, 0.6) is 0 Å². The van der Waals surface area contributed by atoms with Crippen LogP contribution in [0.2, 0.25) is 0 Å². The lowest BCUT2D eigenvalue weighted by atomic mass is 9.86. The molecule has 0 amide bonds. The molecule has 3 rings (SSSR count). The summed E-state index contributed by atoms with van der Waals surface area (Å²) in [4.78, 5) is 2.54. The van der Waals surface area contributed by atoms with Crippen molar-refractivity contribution in [3.63, 3.8) is 0 Å². The second kappa shape index (κ2) is 3.46. The van der Waals surface area contributed by atoms with E-state index in [0.717, 1.165) is 25.1 Å². The quantitative estimate of drug-likeness (QED) is 0.684. The molecular formula is C13H16N2. The van der Waals surface area contributed by atoms with Gasteiger partial charge in [0.25, 0.3) is 0 Å². The van der Waals surface area contributed by atoms with Crippen molar-refractivity contribution in [3.8, 4) is 0 Å². The molecule has 1 atom stereocenters. The predicted molar refractivity (Wildman–Crippen MR) is 61.4 cm³/mol. The summed E-state index contributed by atoms with van der Waals surface area (Å²) in [6.07, 6.45) is 3.09. The molecule has 1 saturated heterocycles. The van der Waals surface area contributed by atoms with Crippen molar-refractivity contribution >= 4 is 5.71 Å². The fourth-order valence-electron chi connectivity index (χ4n) is 2.82. The smallest absolute Gasteiger partial charge is 0.0402 e. The molecule has 1 aromatic carbocycles. The zero-order valence-corrected chi connectivity index (χ0v) is 8.87. The molecule has 0 bridgehead atoms. The summed E-state index contributed by atoms with van der Waals surface area (Å²) in [6.45, 7) is 2.26. The Bertz CT molecular complexity index is 397. The number of nitrogens with zero attached hydrogens (tertiary/aromatic N) is 1. The second-order valence-corrected chi connectivity index (χ2v) is 4.56. The standard InChI is InChI=1S/C13H16N2/c14-11-6-8-15-7-5-10-3-1-2-4-12(10)13(15)9-11/h1-4,13-14H,5-9H2/t13-/m0/s1. The molecule has 0 unspecified atom stereocenters. The Balaban J connectivity index is 2.00. The van der Waals surface area contributed by atoms with Gasteiger partial charge in [-0.3, -0.25) is 4.90 Å². The Kier molecular flexibility index (Phi) is 2.10. The molecule has 0 aliphatic carbocycles. The first-order chi connectivity index (χ1) is 7.34. The van der Waals surface area contributed by atoms with Gasteiger partial charge in [-0.25, -0.2) is 0 Å². The number of benzene rings is 1. The van der Waals surface area contributed by atoms with E-state index in [0.29, 0.717) is 6.04 Å². The highest BCUT2D eigenvalue weighted by Crippen LogP contribution is 2.35. The van der Waals surface area contributed by atoms with E-state index >= 15 is 0 Å². The van der Waals surface area contributed by atoms with Gasteiger partial charge >= 0.3 is 0 Å². The molecule has 0 spiro atoms. The average molecular weight is 200 g/mol. The van der Waals surface area contributed by atoms with E-state index in [-0.39, 0.29) is 0 Å². The van der Waals surface area contributed by atoms with Crippen LogP contribution in [0.1, 0.15) is 30.0 Å². The number of piperidine rings is 1. The fourth-order valence-corrected chi connectivity index (χ4v) is 2.82. The third-order valence-electron chi connectivity index (χ3n) is 3.66. The van der Waals surface area contributed by atoms with Gasteiger partial charge in [0.05, 0.1) is 0 Å². The number of hydrogen-bond acceptors (Lipinski definition) is 2. The van der Waals surface area contributed by atoms with E-state index in [1.165, 1.54) is 24.1 Å². The normalized spacial score (nSPS) is 25.9. The van der Waals surface area contributed by atoms with Gasteiger partial charge in [0.2, 0.25) is 0 Å². The molecule has 0 radical (unpaired) electrons. The topological polar surface area (TPSA) is 27.1 Å². The van der Waals surface area contributed by atoms with E-state index in [1.807, 2.05) is 0 Å². The Hall–Kier alpha value is -1.15. The van der Waals surface area contributed by atoms with Crippen molar-refractivity contribution in [3.05, 3.63) is 35.4 Å². The molecule has 1 fully saturated rings. The van der Waals surface area contributed by atoms with Crippen molar-refractivity contribution in [2.45, 2.75) is 25.3 Å². The molecule has 0 aromatic heterocycles. The summed E-state index contributed by atoms with van der Waals surface area (Å²) in [5.74, 6) is 0. The molecule has 78 valence electrons. The number of nitrogens with one attached hydrogen (secondary N) is 1. The van der Waals surface area contributed by atoms with Crippen LogP contribution in [-0.2, 0) is 6.42 Å². The van der Waals surface area contributed by atoms with Crippen molar-refractivity contribution in [2.75, 3.05) is 13.1 Å². The van der Waals surface area contributed by atoms with Crippen LogP contribution in [0, 0.1) is 5.41 Å². The minimum atomic E-state index is 0.496. The lowest BCUT2D eigenvalue weighted by molar-refractivity contribution is 0.180. The largest absolute Gasteiger partial charge is 0.310 e. The van der Waals surface area contributed by atoms with Gasteiger partial charge in [0.1, 0.15) is 0 Å². The first-order valence-corrected chi connectivity index (χ1v) is 5.73.